The molecule has 1 unspecified atom stereocenters. The molecule has 1 heterocycles. The fourth-order valence-electron chi connectivity index (χ4n) is 1.67. The monoisotopic (exact) mass is 267 g/mol. The van der Waals surface area contributed by atoms with Crippen LogP contribution in [0.25, 0.3) is 0 Å². The molecule has 94 valence electrons. The summed E-state index contributed by atoms with van der Waals surface area (Å²) in [5.74, 6) is -0.0724. The summed E-state index contributed by atoms with van der Waals surface area (Å²) < 4.78 is 18.3. The van der Waals surface area contributed by atoms with Crippen LogP contribution in [-0.4, -0.2) is 17.2 Å². The van der Waals surface area contributed by atoms with Gasteiger partial charge in [-0.3, -0.25) is 4.98 Å². The predicted molar refractivity (Wildman–Crippen MR) is 66.3 cm³/mol. The summed E-state index contributed by atoms with van der Waals surface area (Å²) in [4.78, 5) is 4.04. The van der Waals surface area contributed by atoms with E-state index in [0.717, 1.165) is 0 Å². The van der Waals surface area contributed by atoms with Crippen LogP contribution in [-0.2, 0) is 0 Å². The van der Waals surface area contributed by atoms with Gasteiger partial charge in [-0.2, -0.15) is 0 Å². The molecule has 0 saturated heterocycles. The van der Waals surface area contributed by atoms with Crippen molar-refractivity contribution >= 4 is 11.6 Å². The van der Waals surface area contributed by atoms with Crippen LogP contribution in [0.1, 0.15) is 17.4 Å². The van der Waals surface area contributed by atoms with Crippen LogP contribution in [0.3, 0.4) is 0 Å². The lowest BCUT2D eigenvalue weighted by Crippen LogP contribution is -2.05. The molecule has 0 saturated carbocycles. The van der Waals surface area contributed by atoms with Gasteiger partial charge in [0.25, 0.3) is 0 Å². The smallest absolute Gasteiger partial charge is 0.143 e. The first-order valence-corrected chi connectivity index (χ1v) is 5.62. The third-order valence-corrected chi connectivity index (χ3v) is 2.70. The van der Waals surface area contributed by atoms with Crippen molar-refractivity contribution in [2.24, 2.45) is 0 Å². The fourth-order valence-corrected chi connectivity index (χ4v) is 1.90. The molecule has 0 radical (unpaired) electrons. The molecule has 0 fully saturated rings. The van der Waals surface area contributed by atoms with Crippen LogP contribution < -0.4 is 4.74 Å². The second-order valence-electron chi connectivity index (χ2n) is 3.70. The van der Waals surface area contributed by atoms with E-state index in [0.29, 0.717) is 17.0 Å². The lowest BCUT2D eigenvalue weighted by atomic mass is 10.1. The minimum atomic E-state index is -1.09. The number of aliphatic hydroxyl groups is 1. The van der Waals surface area contributed by atoms with E-state index in [1.54, 1.807) is 12.1 Å². The van der Waals surface area contributed by atoms with E-state index in [-0.39, 0.29) is 5.02 Å². The third-order valence-electron chi connectivity index (χ3n) is 2.48. The van der Waals surface area contributed by atoms with E-state index >= 15 is 0 Å². The van der Waals surface area contributed by atoms with E-state index in [1.807, 2.05) is 0 Å². The van der Waals surface area contributed by atoms with Gasteiger partial charge >= 0.3 is 0 Å². The number of benzene rings is 1. The molecule has 1 N–H and O–H groups in total. The number of pyridine rings is 1. The van der Waals surface area contributed by atoms with Crippen molar-refractivity contribution in [2.75, 3.05) is 7.11 Å². The molecule has 2 aromatic rings. The molecule has 0 aliphatic carbocycles. The van der Waals surface area contributed by atoms with Gasteiger partial charge in [0.1, 0.15) is 23.4 Å². The molecule has 0 spiro atoms. The van der Waals surface area contributed by atoms with Crippen LogP contribution in [0, 0.1) is 5.82 Å². The zero-order valence-corrected chi connectivity index (χ0v) is 10.4. The quantitative estimate of drug-likeness (QED) is 0.930. The molecule has 1 aromatic carbocycles. The average Bonchev–Trinajstić information content (AvgIpc) is 2.36. The fraction of sp³-hybridized carbons (Fsp3) is 0.154. The Morgan fingerprint density at radius 3 is 2.83 bits per heavy atom. The summed E-state index contributed by atoms with van der Waals surface area (Å²) in [6.07, 6.45) is 0.441. The Bertz CT molecular complexity index is 542. The second kappa shape index (κ2) is 5.33. The van der Waals surface area contributed by atoms with Gasteiger partial charge < -0.3 is 9.84 Å². The molecule has 1 atom stereocenters. The molecule has 0 bridgehead atoms. The first kappa shape index (κ1) is 12.8. The molecule has 0 amide bonds. The van der Waals surface area contributed by atoms with Gasteiger partial charge in [-0.05, 0) is 35.9 Å². The van der Waals surface area contributed by atoms with Crippen LogP contribution >= 0.6 is 11.6 Å². The highest BCUT2D eigenvalue weighted by atomic mass is 35.5. The Morgan fingerprint density at radius 2 is 2.17 bits per heavy atom. The van der Waals surface area contributed by atoms with Crippen molar-refractivity contribution in [3.63, 3.8) is 0 Å². The van der Waals surface area contributed by atoms with Crippen LogP contribution in [0.15, 0.2) is 36.5 Å². The highest BCUT2D eigenvalue weighted by molar-refractivity contribution is 6.30. The maximum atomic E-state index is 13.2. The van der Waals surface area contributed by atoms with Gasteiger partial charge in [0, 0.05) is 11.2 Å². The van der Waals surface area contributed by atoms with Crippen LogP contribution in [0.5, 0.6) is 5.75 Å². The average molecular weight is 268 g/mol. The molecule has 2 rings (SSSR count). The first-order chi connectivity index (χ1) is 8.61. The summed E-state index contributed by atoms with van der Waals surface area (Å²) >= 11 is 5.75. The number of aromatic nitrogens is 1. The summed E-state index contributed by atoms with van der Waals surface area (Å²) in [5, 5.41) is 10.4. The van der Waals surface area contributed by atoms with E-state index in [9.17, 15) is 9.50 Å². The van der Waals surface area contributed by atoms with E-state index in [1.165, 1.54) is 31.5 Å². The second-order valence-corrected chi connectivity index (χ2v) is 4.13. The van der Waals surface area contributed by atoms with Crippen LogP contribution in [0.4, 0.5) is 4.39 Å². The van der Waals surface area contributed by atoms with Crippen molar-refractivity contribution in [1.29, 1.82) is 0 Å². The number of aliphatic hydroxyl groups excluding tert-OH is 1. The molecule has 5 heteroatoms. The normalized spacial score (nSPS) is 12.2. The number of ether oxygens (including phenoxy) is 1. The Kier molecular flexibility index (Phi) is 3.79. The number of hydrogen-bond donors (Lipinski definition) is 1. The zero-order valence-electron chi connectivity index (χ0n) is 9.60. The molecular weight excluding hydrogens is 257 g/mol. The van der Waals surface area contributed by atoms with Crippen molar-refractivity contribution in [2.45, 2.75) is 6.10 Å². The lowest BCUT2D eigenvalue weighted by molar-refractivity contribution is 0.209. The summed E-state index contributed by atoms with van der Waals surface area (Å²) in [6, 6.07) is 7.24. The molecule has 0 aliphatic rings. The molecular formula is C13H11ClFNO2. The van der Waals surface area contributed by atoms with Gasteiger partial charge in [0.05, 0.1) is 7.11 Å². The SMILES string of the molecule is COc1cccnc1C(O)c1cc(F)cc(Cl)c1. The van der Waals surface area contributed by atoms with Crippen molar-refractivity contribution < 1.29 is 14.2 Å². The molecule has 18 heavy (non-hydrogen) atoms. The molecule has 1 aromatic heterocycles. The van der Waals surface area contributed by atoms with Gasteiger partial charge in [-0.15, -0.1) is 0 Å². The topological polar surface area (TPSA) is 42.4 Å². The number of rotatable bonds is 3. The highest BCUT2D eigenvalue weighted by Crippen LogP contribution is 2.29. The van der Waals surface area contributed by atoms with Crippen molar-refractivity contribution in [3.05, 3.63) is 58.6 Å². The largest absolute Gasteiger partial charge is 0.495 e. The Hall–Kier alpha value is -1.65. The standard InChI is InChI=1S/C13H11ClFNO2/c1-18-11-3-2-4-16-12(11)13(17)8-5-9(14)7-10(15)6-8/h2-7,13,17H,1H3. The summed E-state index contributed by atoms with van der Waals surface area (Å²) in [6.45, 7) is 0. The predicted octanol–water partition coefficient (Wildman–Crippen LogP) is 2.96. The van der Waals surface area contributed by atoms with Gasteiger partial charge in [-0.25, -0.2) is 4.39 Å². The molecule has 0 aliphatic heterocycles. The van der Waals surface area contributed by atoms with E-state index < -0.39 is 11.9 Å². The van der Waals surface area contributed by atoms with Crippen LogP contribution in [0.2, 0.25) is 5.02 Å². The van der Waals surface area contributed by atoms with Crippen molar-refractivity contribution in [1.82, 2.24) is 4.98 Å². The maximum absolute atomic E-state index is 13.2. The van der Waals surface area contributed by atoms with E-state index in [2.05, 4.69) is 4.98 Å². The first-order valence-electron chi connectivity index (χ1n) is 5.25. The van der Waals surface area contributed by atoms with Crippen molar-refractivity contribution in [3.8, 4) is 5.75 Å². The number of nitrogens with zero attached hydrogens (tertiary/aromatic N) is 1. The molecule has 3 nitrogen and oxygen atoms in total. The summed E-state index contributed by atoms with van der Waals surface area (Å²) in [5.41, 5.74) is 0.652. The summed E-state index contributed by atoms with van der Waals surface area (Å²) in [7, 11) is 1.48. The van der Waals surface area contributed by atoms with E-state index in [4.69, 9.17) is 16.3 Å². The number of halogens is 2. The lowest BCUT2D eigenvalue weighted by Gasteiger charge is -2.14. The minimum absolute atomic E-state index is 0.221. The third kappa shape index (κ3) is 2.60. The van der Waals surface area contributed by atoms with Gasteiger partial charge in [0.2, 0.25) is 0 Å². The van der Waals surface area contributed by atoms with Gasteiger partial charge in [0.15, 0.2) is 0 Å². The minimum Gasteiger partial charge on any atom is -0.495 e. The number of methoxy groups -OCH3 is 1. The number of hydrogen-bond acceptors (Lipinski definition) is 3. The van der Waals surface area contributed by atoms with Gasteiger partial charge in [-0.1, -0.05) is 11.6 Å². The zero-order chi connectivity index (χ0) is 13.1. The maximum Gasteiger partial charge on any atom is 0.143 e. The Labute approximate surface area is 109 Å². The highest BCUT2D eigenvalue weighted by Gasteiger charge is 2.17. The Balaban J connectivity index is 2.44. The Morgan fingerprint density at radius 1 is 1.39 bits per heavy atom.